The first-order valence-electron chi connectivity index (χ1n) is 11.0. The van der Waals surface area contributed by atoms with E-state index in [2.05, 4.69) is 11.8 Å². The Balaban J connectivity index is 0. The summed E-state index contributed by atoms with van der Waals surface area (Å²) < 4.78 is 0. The van der Waals surface area contributed by atoms with Crippen LogP contribution in [0.4, 0.5) is 0 Å². The van der Waals surface area contributed by atoms with Crippen molar-refractivity contribution in [1.82, 2.24) is 4.90 Å². The molecule has 0 amide bonds. The van der Waals surface area contributed by atoms with Crippen molar-refractivity contribution in [2.75, 3.05) is 20.6 Å². The molecule has 2 nitrogen and oxygen atoms in total. The van der Waals surface area contributed by atoms with E-state index in [-0.39, 0.29) is 18.5 Å². The van der Waals surface area contributed by atoms with Crippen LogP contribution in [-0.4, -0.2) is 36.8 Å². The maximum Gasteiger partial charge on any atom is 0.0666 e. The second-order valence-electron chi connectivity index (χ2n) is 8.01. The minimum atomic E-state index is -0.133. The van der Waals surface area contributed by atoms with Gasteiger partial charge in [0.15, 0.2) is 0 Å². The highest BCUT2D eigenvalue weighted by Crippen LogP contribution is 2.14. The summed E-state index contributed by atoms with van der Waals surface area (Å²) in [5, 5.41) is 9.79. The number of aliphatic hydroxyl groups is 1. The number of rotatable bonds is 19. The monoisotopic (exact) mass is 377 g/mol. The van der Waals surface area contributed by atoms with E-state index in [0.29, 0.717) is 0 Å². The number of likely N-dealkylation sites (N-methyl/N-ethyl adjacent to an activating group) is 1. The molecule has 0 aliphatic carbocycles. The number of aliphatic hydroxyl groups excluding tert-OH is 1. The molecule has 1 unspecified atom stereocenters. The highest BCUT2D eigenvalue weighted by molar-refractivity contribution is 5.85. The fourth-order valence-corrected chi connectivity index (χ4v) is 3.44. The van der Waals surface area contributed by atoms with Crippen LogP contribution < -0.4 is 0 Å². The van der Waals surface area contributed by atoms with Gasteiger partial charge in [-0.2, -0.15) is 0 Å². The second kappa shape index (κ2) is 22.3. The Labute approximate surface area is 165 Å². The first kappa shape index (κ1) is 27.4. The number of nitrogens with zero attached hydrogens (tertiary/aromatic N) is 1. The SMILES string of the molecule is CCCCCCCCCCCCCCCCCCC(O)CN(C)C.Cl. The van der Waals surface area contributed by atoms with Crippen LogP contribution in [0, 0.1) is 0 Å². The van der Waals surface area contributed by atoms with Crippen LogP contribution in [0.25, 0.3) is 0 Å². The van der Waals surface area contributed by atoms with Crippen LogP contribution in [0.1, 0.15) is 116 Å². The number of hydrogen-bond acceptors (Lipinski definition) is 2. The molecular formula is C22H48ClNO. The van der Waals surface area contributed by atoms with Crippen molar-refractivity contribution in [3.63, 3.8) is 0 Å². The predicted molar refractivity (Wildman–Crippen MR) is 116 cm³/mol. The molecule has 0 radical (unpaired) electrons. The second-order valence-corrected chi connectivity index (χ2v) is 8.01. The molecule has 0 rings (SSSR count). The van der Waals surface area contributed by atoms with Gasteiger partial charge >= 0.3 is 0 Å². The summed E-state index contributed by atoms with van der Waals surface area (Å²) in [6.45, 7) is 3.09. The lowest BCUT2D eigenvalue weighted by molar-refractivity contribution is 0.125. The zero-order valence-electron chi connectivity index (χ0n) is 17.6. The summed E-state index contributed by atoms with van der Waals surface area (Å²) >= 11 is 0. The number of hydrogen-bond donors (Lipinski definition) is 1. The molecule has 0 aliphatic rings. The van der Waals surface area contributed by atoms with Crippen molar-refractivity contribution in [2.24, 2.45) is 0 Å². The highest BCUT2D eigenvalue weighted by Gasteiger charge is 2.04. The molecule has 1 atom stereocenters. The van der Waals surface area contributed by atoms with Gasteiger partial charge in [-0.1, -0.05) is 110 Å². The molecule has 0 aliphatic heterocycles. The molecule has 0 aromatic rings. The molecule has 0 heterocycles. The molecule has 154 valence electrons. The lowest BCUT2D eigenvalue weighted by Gasteiger charge is -2.15. The third-order valence-electron chi connectivity index (χ3n) is 4.97. The quantitative estimate of drug-likeness (QED) is 0.245. The Hall–Kier alpha value is 0.210. The van der Waals surface area contributed by atoms with Gasteiger partial charge in [0.05, 0.1) is 6.10 Å². The van der Waals surface area contributed by atoms with Gasteiger partial charge in [-0.15, -0.1) is 12.4 Å². The molecular weight excluding hydrogens is 330 g/mol. The van der Waals surface area contributed by atoms with E-state index >= 15 is 0 Å². The van der Waals surface area contributed by atoms with Crippen molar-refractivity contribution in [3.05, 3.63) is 0 Å². The molecule has 1 N–H and O–H groups in total. The summed E-state index contributed by atoms with van der Waals surface area (Å²) in [6, 6.07) is 0. The summed E-state index contributed by atoms with van der Waals surface area (Å²) in [5.41, 5.74) is 0. The maximum absolute atomic E-state index is 9.79. The lowest BCUT2D eigenvalue weighted by atomic mass is 10.0. The van der Waals surface area contributed by atoms with E-state index in [1.807, 2.05) is 14.1 Å². The van der Waals surface area contributed by atoms with Crippen LogP contribution in [0.2, 0.25) is 0 Å². The van der Waals surface area contributed by atoms with E-state index in [9.17, 15) is 5.11 Å². The Morgan fingerprint density at radius 2 is 0.920 bits per heavy atom. The van der Waals surface area contributed by atoms with Gasteiger partial charge in [0.25, 0.3) is 0 Å². The smallest absolute Gasteiger partial charge is 0.0666 e. The van der Waals surface area contributed by atoms with E-state index < -0.39 is 0 Å². The van der Waals surface area contributed by atoms with E-state index in [0.717, 1.165) is 13.0 Å². The Bertz CT molecular complexity index is 236. The van der Waals surface area contributed by atoms with Gasteiger partial charge in [0, 0.05) is 6.54 Å². The van der Waals surface area contributed by atoms with Gasteiger partial charge in [-0.3, -0.25) is 0 Å². The molecule has 0 fully saturated rings. The molecule has 0 saturated heterocycles. The molecule has 25 heavy (non-hydrogen) atoms. The normalized spacial score (nSPS) is 12.4. The average Bonchev–Trinajstić information content (AvgIpc) is 2.53. The lowest BCUT2D eigenvalue weighted by Crippen LogP contribution is -2.25. The van der Waals surface area contributed by atoms with Gasteiger partial charge in [0.2, 0.25) is 0 Å². The predicted octanol–water partition coefficient (Wildman–Crippen LogP) is 6.98. The van der Waals surface area contributed by atoms with Crippen molar-refractivity contribution in [3.8, 4) is 0 Å². The van der Waals surface area contributed by atoms with Crippen molar-refractivity contribution < 1.29 is 5.11 Å². The Morgan fingerprint density at radius 3 is 1.24 bits per heavy atom. The third kappa shape index (κ3) is 24.2. The molecule has 0 spiro atoms. The van der Waals surface area contributed by atoms with E-state index in [1.165, 1.54) is 103 Å². The summed E-state index contributed by atoms with van der Waals surface area (Å²) in [6.07, 6.45) is 23.3. The largest absolute Gasteiger partial charge is 0.392 e. The van der Waals surface area contributed by atoms with Crippen LogP contribution in [0.15, 0.2) is 0 Å². The topological polar surface area (TPSA) is 23.5 Å². The van der Waals surface area contributed by atoms with Gasteiger partial charge in [0.1, 0.15) is 0 Å². The van der Waals surface area contributed by atoms with E-state index in [1.54, 1.807) is 0 Å². The van der Waals surface area contributed by atoms with Gasteiger partial charge in [-0.05, 0) is 20.5 Å². The van der Waals surface area contributed by atoms with Crippen molar-refractivity contribution >= 4 is 12.4 Å². The highest BCUT2D eigenvalue weighted by atomic mass is 35.5. The van der Waals surface area contributed by atoms with Gasteiger partial charge in [-0.25, -0.2) is 0 Å². The third-order valence-corrected chi connectivity index (χ3v) is 4.97. The summed E-state index contributed by atoms with van der Waals surface area (Å²) in [7, 11) is 4.05. The standard InChI is InChI=1S/C22H47NO.ClH/c1-4-5-6-7-8-9-10-11-12-13-14-15-16-17-18-19-20-22(24)21-23(2)3;/h22,24H,4-21H2,1-3H3;1H. The van der Waals surface area contributed by atoms with Crippen molar-refractivity contribution in [1.29, 1.82) is 0 Å². The molecule has 0 bridgehead atoms. The molecule has 0 aromatic heterocycles. The first-order valence-corrected chi connectivity index (χ1v) is 11.0. The van der Waals surface area contributed by atoms with Crippen molar-refractivity contribution in [2.45, 2.75) is 122 Å². The zero-order valence-corrected chi connectivity index (χ0v) is 18.4. The summed E-state index contributed by atoms with van der Waals surface area (Å²) in [5.74, 6) is 0. The van der Waals surface area contributed by atoms with E-state index in [4.69, 9.17) is 0 Å². The van der Waals surface area contributed by atoms with Gasteiger partial charge < -0.3 is 10.0 Å². The van der Waals surface area contributed by atoms with Crippen LogP contribution in [-0.2, 0) is 0 Å². The zero-order chi connectivity index (χ0) is 17.9. The van der Waals surface area contributed by atoms with Crippen LogP contribution >= 0.6 is 12.4 Å². The maximum atomic E-state index is 9.79. The Morgan fingerprint density at radius 1 is 0.600 bits per heavy atom. The first-order chi connectivity index (χ1) is 11.7. The fraction of sp³-hybridized carbons (Fsp3) is 1.00. The average molecular weight is 378 g/mol. The molecule has 0 saturated carbocycles. The number of halogens is 1. The fourth-order valence-electron chi connectivity index (χ4n) is 3.44. The summed E-state index contributed by atoms with van der Waals surface area (Å²) in [4.78, 5) is 2.07. The van der Waals surface area contributed by atoms with Crippen LogP contribution in [0.3, 0.4) is 0 Å². The molecule has 3 heteroatoms. The number of unbranched alkanes of at least 4 members (excludes halogenated alkanes) is 15. The Kier molecular flexibility index (Phi) is 24.4. The van der Waals surface area contributed by atoms with Crippen LogP contribution in [0.5, 0.6) is 0 Å². The minimum absolute atomic E-state index is 0. The molecule has 0 aromatic carbocycles. The minimum Gasteiger partial charge on any atom is -0.392 e.